The maximum absolute atomic E-state index is 11.9. The smallest absolute Gasteiger partial charge is 0.225 e. The van der Waals surface area contributed by atoms with Gasteiger partial charge in [-0.2, -0.15) is 0 Å². The fourth-order valence-corrected chi connectivity index (χ4v) is 1.79. The van der Waals surface area contributed by atoms with E-state index in [1.54, 1.807) is 11.9 Å². The maximum atomic E-state index is 11.9. The SMILES string of the molecule is Cc1ccc(OCCN(C)C(=O)C(C)CCN)cc1. The Morgan fingerprint density at radius 3 is 2.58 bits per heavy atom. The van der Waals surface area contributed by atoms with E-state index in [0.29, 0.717) is 19.7 Å². The maximum Gasteiger partial charge on any atom is 0.225 e. The van der Waals surface area contributed by atoms with Gasteiger partial charge in [0.1, 0.15) is 12.4 Å². The third kappa shape index (κ3) is 5.30. The van der Waals surface area contributed by atoms with Gasteiger partial charge in [0.05, 0.1) is 6.54 Å². The van der Waals surface area contributed by atoms with Crippen molar-refractivity contribution in [2.75, 3.05) is 26.7 Å². The van der Waals surface area contributed by atoms with E-state index in [0.717, 1.165) is 12.2 Å². The topological polar surface area (TPSA) is 55.6 Å². The van der Waals surface area contributed by atoms with Crippen molar-refractivity contribution in [1.82, 2.24) is 4.90 Å². The van der Waals surface area contributed by atoms with Crippen molar-refractivity contribution in [2.45, 2.75) is 20.3 Å². The molecule has 1 aromatic carbocycles. The molecule has 0 spiro atoms. The summed E-state index contributed by atoms with van der Waals surface area (Å²) in [7, 11) is 1.80. The molecule has 0 bridgehead atoms. The monoisotopic (exact) mass is 264 g/mol. The number of hydrogen-bond donors (Lipinski definition) is 1. The van der Waals surface area contributed by atoms with E-state index < -0.39 is 0 Å². The predicted octanol–water partition coefficient (Wildman–Crippen LogP) is 1.82. The van der Waals surface area contributed by atoms with Gasteiger partial charge in [0.15, 0.2) is 0 Å². The molecule has 0 radical (unpaired) electrons. The Bertz CT molecular complexity index is 390. The highest BCUT2D eigenvalue weighted by Crippen LogP contribution is 2.11. The third-order valence-corrected chi connectivity index (χ3v) is 3.11. The van der Waals surface area contributed by atoms with E-state index >= 15 is 0 Å². The Morgan fingerprint density at radius 2 is 2.00 bits per heavy atom. The number of nitrogens with zero attached hydrogens (tertiary/aromatic N) is 1. The first-order valence-electron chi connectivity index (χ1n) is 6.69. The van der Waals surface area contributed by atoms with E-state index in [1.807, 2.05) is 38.1 Å². The molecule has 0 aliphatic carbocycles. The molecule has 1 unspecified atom stereocenters. The number of amides is 1. The molecular weight excluding hydrogens is 240 g/mol. The first-order chi connectivity index (χ1) is 9.04. The van der Waals surface area contributed by atoms with Crippen molar-refractivity contribution in [2.24, 2.45) is 11.7 Å². The summed E-state index contributed by atoms with van der Waals surface area (Å²) in [5, 5.41) is 0. The summed E-state index contributed by atoms with van der Waals surface area (Å²) in [5.74, 6) is 0.939. The molecule has 1 aromatic rings. The molecule has 0 saturated carbocycles. The van der Waals surface area contributed by atoms with Crippen molar-refractivity contribution in [3.8, 4) is 5.75 Å². The highest BCUT2D eigenvalue weighted by molar-refractivity contribution is 5.78. The van der Waals surface area contributed by atoms with Gasteiger partial charge in [-0.15, -0.1) is 0 Å². The van der Waals surface area contributed by atoms with Crippen molar-refractivity contribution < 1.29 is 9.53 Å². The van der Waals surface area contributed by atoms with E-state index in [4.69, 9.17) is 10.5 Å². The van der Waals surface area contributed by atoms with Gasteiger partial charge < -0.3 is 15.4 Å². The fourth-order valence-electron chi connectivity index (χ4n) is 1.79. The van der Waals surface area contributed by atoms with Crippen LogP contribution in [0.1, 0.15) is 18.9 Å². The zero-order chi connectivity index (χ0) is 14.3. The molecule has 1 atom stereocenters. The van der Waals surface area contributed by atoms with Crippen molar-refractivity contribution in [1.29, 1.82) is 0 Å². The number of ether oxygens (including phenoxy) is 1. The van der Waals surface area contributed by atoms with Crippen LogP contribution in [-0.2, 0) is 4.79 Å². The van der Waals surface area contributed by atoms with Crippen molar-refractivity contribution in [3.63, 3.8) is 0 Å². The molecule has 1 rings (SSSR count). The zero-order valence-corrected chi connectivity index (χ0v) is 12.1. The second-order valence-corrected chi connectivity index (χ2v) is 4.90. The van der Waals surface area contributed by atoms with Gasteiger partial charge >= 0.3 is 0 Å². The summed E-state index contributed by atoms with van der Waals surface area (Å²) in [5.41, 5.74) is 6.66. The first-order valence-corrected chi connectivity index (χ1v) is 6.69. The summed E-state index contributed by atoms with van der Waals surface area (Å²) in [6.07, 6.45) is 0.724. The van der Waals surface area contributed by atoms with Crippen LogP contribution in [0.3, 0.4) is 0 Å². The van der Waals surface area contributed by atoms with Crippen LogP contribution in [0.5, 0.6) is 5.75 Å². The quantitative estimate of drug-likeness (QED) is 0.817. The van der Waals surface area contributed by atoms with E-state index in [1.165, 1.54) is 5.56 Å². The average Bonchev–Trinajstić information content (AvgIpc) is 2.40. The first kappa shape index (κ1) is 15.5. The van der Waals surface area contributed by atoms with Crippen molar-refractivity contribution >= 4 is 5.91 Å². The minimum Gasteiger partial charge on any atom is -0.492 e. The molecule has 0 heterocycles. The number of aryl methyl sites for hydroxylation is 1. The summed E-state index contributed by atoms with van der Waals surface area (Å²) in [4.78, 5) is 13.6. The van der Waals surface area contributed by atoms with Crippen LogP contribution in [0.15, 0.2) is 24.3 Å². The molecule has 106 valence electrons. The molecule has 0 aliphatic heterocycles. The van der Waals surface area contributed by atoms with Gasteiger partial charge in [0, 0.05) is 13.0 Å². The lowest BCUT2D eigenvalue weighted by Gasteiger charge is -2.21. The van der Waals surface area contributed by atoms with Gasteiger partial charge in [-0.1, -0.05) is 24.6 Å². The van der Waals surface area contributed by atoms with Gasteiger partial charge in [0.2, 0.25) is 5.91 Å². The van der Waals surface area contributed by atoms with Crippen LogP contribution < -0.4 is 10.5 Å². The average molecular weight is 264 g/mol. The molecule has 0 fully saturated rings. The molecule has 0 aliphatic rings. The van der Waals surface area contributed by atoms with E-state index in [9.17, 15) is 4.79 Å². The number of carbonyl (C=O) groups excluding carboxylic acids is 1. The molecule has 0 saturated heterocycles. The lowest BCUT2D eigenvalue weighted by molar-refractivity contribution is -0.134. The van der Waals surface area contributed by atoms with Crippen LogP contribution in [0.4, 0.5) is 0 Å². The molecule has 0 aromatic heterocycles. The highest BCUT2D eigenvalue weighted by atomic mass is 16.5. The highest BCUT2D eigenvalue weighted by Gasteiger charge is 2.16. The van der Waals surface area contributed by atoms with Gasteiger partial charge in [-0.3, -0.25) is 4.79 Å². The lowest BCUT2D eigenvalue weighted by atomic mass is 10.1. The Hall–Kier alpha value is -1.55. The number of likely N-dealkylation sites (N-methyl/N-ethyl adjacent to an activating group) is 1. The van der Waals surface area contributed by atoms with Gasteiger partial charge in [0.25, 0.3) is 0 Å². The Kier molecular flexibility index (Phi) is 6.36. The van der Waals surface area contributed by atoms with Crippen LogP contribution in [-0.4, -0.2) is 37.6 Å². The van der Waals surface area contributed by atoms with Crippen molar-refractivity contribution in [3.05, 3.63) is 29.8 Å². The van der Waals surface area contributed by atoms with Gasteiger partial charge in [-0.25, -0.2) is 0 Å². The molecule has 19 heavy (non-hydrogen) atoms. The van der Waals surface area contributed by atoms with Crippen LogP contribution in [0.2, 0.25) is 0 Å². The van der Waals surface area contributed by atoms with Gasteiger partial charge in [-0.05, 0) is 32.0 Å². The number of benzene rings is 1. The molecule has 2 N–H and O–H groups in total. The van der Waals surface area contributed by atoms with Crippen LogP contribution >= 0.6 is 0 Å². The zero-order valence-electron chi connectivity index (χ0n) is 12.1. The Balaban J connectivity index is 2.32. The molecule has 4 heteroatoms. The fraction of sp³-hybridized carbons (Fsp3) is 0.533. The Morgan fingerprint density at radius 1 is 1.37 bits per heavy atom. The number of nitrogens with two attached hydrogens (primary N) is 1. The summed E-state index contributed by atoms with van der Waals surface area (Å²) >= 11 is 0. The number of carbonyl (C=O) groups is 1. The second kappa shape index (κ2) is 7.79. The summed E-state index contributed by atoms with van der Waals surface area (Å²) in [6, 6.07) is 7.89. The minimum absolute atomic E-state index is 0.0191. The second-order valence-electron chi connectivity index (χ2n) is 4.90. The number of hydrogen-bond acceptors (Lipinski definition) is 3. The standard InChI is InChI=1S/C15H24N2O2/c1-12-4-6-14(7-5-12)19-11-10-17(3)15(18)13(2)8-9-16/h4-7,13H,8-11,16H2,1-3H3. The summed E-state index contributed by atoms with van der Waals surface area (Å²) in [6.45, 7) is 5.57. The lowest BCUT2D eigenvalue weighted by Crippen LogP contribution is -2.35. The number of rotatable bonds is 7. The third-order valence-electron chi connectivity index (χ3n) is 3.11. The summed E-state index contributed by atoms with van der Waals surface area (Å²) < 4.78 is 5.60. The minimum atomic E-state index is -0.0191. The van der Waals surface area contributed by atoms with E-state index in [2.05, 4.69) is 0 Å². The molecular formula is C15H24N2O2. The van der Waals surface area contributed by atoms with E-state index in [-0.39, 0.29) is 11.8 Å². The molecule has 1 amide bonds. The predicted molar refractivity (Wildman–Crippen MR) is 77.1 cm³/mol. The largest absolute Gasteiger partial charge is 0.492 e. The molecule has 4 nitrogen and oxygen atoms in total. The Labute approximate surface area is 115 Å². The van der Waals surface area contributed by atoms with Crippen LogP contribution in [0.25, 0.3) is 0 Å². The normalized spacial score (nSPS) is 12.0. The van der Waals surface area contributed by atoms with Crippen LogP contribution in [0, 0.1) is 12.8 Å².